The summed E-state index contributed by atoms with van der Waals surface area (Å²) in [5.74, 6) is 0.341. The topological polar surface area (TPSA) is 46.2 Å². The Morgan fingerprint density at radius 1 is 1.28 bits per heavy atom. The molecule has 0 aliphatic rings. The zero-order chi connectivity index (χ0) is 13.8. The maximum atomic E-state index is 11.2. The normalized spacial score (nSPS) is 15.3. The van der Waals surface area contributed by atoms with Crippen LogP contribution in [0.1, 0.15) is 25.5 Å². The number of sulfone groups is 1. The first-order valence-corrected chi connectivity index (χ1v) is 8.80. The summed E-state index contributed by atoms with van der Waals surface area (Å²) >= 11 is 3.52. The average Bonchev–Trinajstić information content (AvgIpc) is 2.24. The van der Waals surface area contributed by atoms with E-state index in [-0.39, 0.29) is 17.7 Å². The number of hydrogen-bond donors (Lipinski definition) is 1. The number of rotatable bonds is 6. The van der Waals surface area contributed by atoms with E-state index in [1.165, 1.54) is 11.8 Å². The van der Waals surface area contributed by atoms with Gasteiger partial charge in [-0.3, -0.25) is 0 Å². The van der Waals surface area contributed by atoms with Crippen LogP contribution >= 0.6 is 15.9 Å². The van der Waals surface area contributed by atoms with Gasteiger partial charge in [0, 0.05) is 16.8 Å². The molecule has 0 saturated heterocycles. The standard InChI is InChI=1S/C13H20BrNO2S/c1-10(9-18(3,16)17)8-15-11(2)12-6-4-5-7-13(12)14/h4-7,10-11,15H,8-9H2,1-3H3. The molecule has 0 aliphatic heterocycles. The van der Waals surface area contributed by atoms with Gasteiger partial charge in [-0.2, -0.15) is 0 Å². The molecule has 0 bridgehead atoms. The first-order valence-electron chi connectivity index (χ1n) is 5.95. The van der Waals surface area contributed by atoms with Crippen molar-refractivity contribution in [1.82, 2.24) is 5.32 Å². The Morgan fingerprint density at radius 2 is 1.89 bits per heavy atom. The van der Waals surface area contributed by atoms with Gasteiger partial charge in [-0.05, 0) is 31.0 Å². The molecule has 0 heterocycles. The molecule has 1 aromatic rings. The fraction of sp³-hybridized carbons (Fsp3) is 0.538. The second-order valence-corrected chi connectivity index (χ2v) is 7.89. The van der Waals surface area contributed by atoms with Gasteiger partial charge in [-0.15, -0.1) is 0 Å². The number of halogens is 1. The predicted octanol–water partition coefficient (Wildman–Crippen LogP) is 2.78. The van der Waals surface area contributed by atoms with Crippen molar-refractivity contribution < 1.29 is 8.42 Å². The van der Waals surface area contributed by atoms with Gasteiger partial charge >= 0.3 is 0 Å². The van der Waals surface area contributed by atoms with Crippen LogP contribution in [0.25, 0.3) is 0 Å². The molecule has 0 saturated carbocycles. The highest BCUT2D eigenvalue weighted by atomic mass is 79.9. The van der Waals surface area contributed by atoms with E-state index in [0.29, 0.717) is 6.54 Å². The van der Waals surface area contributed by atoms with Crippen molar-refractivity contribution in [2.75, 3.05) is 18.6 Å². The third-order valence-electron chi connectivity index (χ3n) is 2.73. The minimum Gasteiger partial charge on any atom is -0.310 e. The zero-order valence-corrected chi connectivity index (χ0v) is 13.4. The van der Waals surface area contributed by atoms with E-state index < -0.39 is 9.84 Å². The van der Waals surface area contributed by atoms with Crippen molar-refractivity contribution in [3.8, 4) is 0 Å². The van der Waals surface area contributed by atoms with E-state index in [0.717, 1.165) is 4.47 Å². The highest BCUT2D eigenvalue weighted by Gasteiger charge is 2.13. The number of nitrogens with one attached hydrogen (secondary N) is 1. The number of hydrogen-bond acceptors (Lipinski definition) is 3. The molecule has 0 aromatic heterocycles. The second-order valence-electron chi connectivity index (χ2n) is 4.85. The Hall–Kier alpha value is -0.390. The Balaban J connectivity index is 2.52. The van der Waals surface area contributed by atoms with E-state index in [9.17, 15) is 8.42 Å². The summed E-state index contributed by atoms with van der Waals surface area (Å²) in [5.41, 5.74) is 1.18. The molecule has 0 radical (unpaired) electrons. The van der Waals surface area contributed by atoms with Crippen molar-refractivity contribution >= 4 is 25.8 Å². The SMILES string of the molecule is CC(CNC(C)c1ccccc1Br)CS(C)(=O)=O. The lowest BCUT2D eigenvalue weighted by Gasteiger charge is -2.18. The summed E-state index contributed by atoms with van der Waals surface area (Å²) in [4.78, 5) is 0. The van der Waals surface area contributed by atoms with Crippen LogP contribution in [-0.4, -0.2) is 27.0 Å². The van der Waals surface area contributed by atoms with Gasteiger partial charge in [0.15, 0.2) is 0 Å². The van der Waals surface area contributed by atoms with Crippen LogP contribution in [0, 0.1) is 5.92 Å². The molecule has 3 nitrogen and oxygen atoms in total. The van der Waals surface area contributed by atoms with Crippen molar-refractivity contribution in [2.45, 2.75) is 19.9 Å². The van der Waals surface area contributed by atoms with E-state index in [1.807, 2.05) is 25.1 Å². The molecular formula is C13H20BrNO2S. The van der Waals surface area contributed by atoms with Crippen LogP contribution in [-0.2, 0) is 9.84 Å². The molecule has 0 spiro atoms. The largest absolute Gasteiger partial charge is 0.310 e. The lowest BCUT2D eigenvalue weighted by Crippen LogP contribution is -2.28. The van der Waals surface area contributed by atoms with Crippen LogP contribution in [0.15, 0.2) is 28.7 Å². The molecule has 0 fully saturated rings. The van der Waals surface area contributed by atoms with E-state index >= 15 is 0 Å². The molecule has 2 atom stereocenters. The fourth-order valence-electron chi connectivity index (χ4n) is 1.89. The van der Waals surface area contributed by atoms with Crippen LogP contribution in [0.2, 0.25) is 0 Å². The third kappa shape index (κ3) is 5.50. The molecular weight excluding hydrogens is 314 g/mol. The molecule has 1 rings (SSSR count). The monoisotopic (exact) mass is 333 g/mol. The predicted molar refractivity (Wildman–Crippen MR) is 79.4 cm³/mol. The van der Waals surface area contributed by atoms with Gasteiger partial charge in [0.05, 0.1) is 5.75 Å². The van der Waals surface area contributed by atoms with E-state index in [4.69, 9.17) is 0 Å². The summed E-state index contributed by atoms with van der Waals surface area (Å²) in [5, 5.41) is 3.37. The summed E-state index contributed by atoms with van der Waals surface area (Å²) in [7, 11) is -2.89. The second kappa shape index (κ2) is 6.68. The molecule has 0 amide bonds. The van der Waals surface area contributed by atoms with Crippen molar-refractivity contribution in [3.63, 3.8) is 0 Å². The molecule has 2 unspecified atom stereocenters. The van der Waals surface area contributed by atoms with E-state index in [2.05, 4.69) is 34.2 Å². The quantitative estimate of drug-likeness (QED) is 0.870. The Kier molecular flexibility index (Phi) is 5.82. The highest BCUT2D eigenvalue weighted by molar-refractivity contribution is 9.10. The smallest absolute Gasteiger partial charge is 0.147 e. The molecule has 0 aliphatic carbocycles. The van der Waals surface area contributed by atoms with Crippen molar-refractivity contribution in [1.29, 1.82) is 0 Å². The third-order valence-corrected chi connectivity index (χ3v) is 4.63. The van der Waals surface area contributed by atoms with Gasteiger partial charge in [0.25, 0.3) is 0 Å². The maximum Gasteiger partial charge on any atom is 0.147 e. The molecule has 1 N–H and O–H groups in total. The van der Waals surface area contributed by atoms with Crippen LogP contribution < -0.4 is 5.32 Å². The fourth-order valence-corrected chi connectivity index (χ4v) is 3.67. The lowest BCUT2D eigenvalue weighted by atomic mass is 10.1. The first kappa shape index (κ1) is 15.7. The van der Waals surface area contributed by atoms with Crippen molar-refractivity contribution in [2.24, 2.45) is 5.92 Å². The van der Waals surface area contributed by atoms with Gasteiger partial charge in [-0.1, -0.05) is 41.1 Å². The minimum absolute atomic E-state index is 0.116. The summed E-state index contributed by atoms with van der Waals surface area (Å²) in [6.45, 7) is 4.71. The number of benzene rings is 1. The Labute approximate surface area is 118 Å². The maximum absolute atomic E-state index is 11.2. The van der Waals surface area contributed by atoms with Crippen molar-refractivity contribution in [3.05, 3.63) is 34.3 Å². The molecule has 1 aromatic carbocycles. The average molecular weight is 334 g/mol. The summed E-state index contributed by atoms with van der Waals surface area (Å²) < 4.78 is 23.4. The van der Waals surface area contributed by atoms with Gasteiger partial charge in [-0.25, -0.2) is 8.42 Å². The first-order chi connectivity index (χ1) is 8.29. The molecule has 18 heavy (non-hydrogen) atoms. The van der Waals surface area contributed by atoms with Gasteiger partial charge < -0.3 is 5.32 Å². The summed E-state index contributed by atoms with van der Waals surface area (Å²) in [6.07, 6.45) is 1.28. The van der Waals surface area contributed by atoms with E-state index in [1.54, 1.807) is 0 Å². The van der Waals surface area contributed by atoms with Crippen LogP contribution in [0.3, 0.4) is 0 Å². The molecule has 5 heteroatoms. The highest BCUT2D eigenvalue weighted by Crippen LogP contribution is 2.22. The minimum atomic E-state index is -2.89. The van der Waals surface area contributed by atoms with Gasteiger partial charge in [0.1, 0.15) is 9.84 Å². The lowest BCUT2D eigenvalue weighted by molar-refractivity contribution is 0.491. The van der Waals surface area contributed by atoms with Crippen LogP contribution in [0.4, 0.5) is 0 Å². The van der Waals surface area contributed by atoms with Crippen LogP contribution in [0.5, 0.6) is 0 Å². The Bertz CT molecular complexity index is 488. The van der Waals surface area contributed by atoms with Gasteiger partial charge in [0.2, 0.25) is 0 Å². The molecule has 102 valence electrons. The zero-order valence-electron chi connectivity index (χ0n) is 11.0. The summed E-state index contributed by atoms with van der Waals surface area (Å²) in [6, 6.07) is 8.24. The Morgan fingerprint density at radius 3 is 2.44 bits per heavy atom.